The van der Waals surface area contributed by atoms with Gasteiger partial charge in [-0.2, -0.15) is 0 Å². The molecule has 0 aliphatic heterocycles. The number of rotatable bonds is 5. The van der Waals surface area contributed by atoms with Crippen LogP contribution in [0.25, 0.3) is 0 Å². The summed E-state index contributed by atoms with van der Waals surface area (Å²) in [5, 5.41) is 12.2. The number of carbonyl (C=O) groups excluding carboxylic acids is 1. The van der Waals surface area contributed by atoms with Gasteiger partial charge in [0.2, 0.25) is 0 Å². The van der Waals surface area contributed by atoms with Crippen molar-refractivity contribution in [3.8, 4) is 5.75 Å². The topological polar surface area (TPSA) is 58.6 Å². The lowest BCUT2D eigenvalue weighted by atomic mass is 10.1. The van der Waals surface area contributed by atoms with Crippen LogP contribution in [0, 0.1) is 0 Å². The molecule has 0 saturated heterocycles. The zero-order valence-electron chi connectivity index (χ0n) is 11.2. The van der Waals surface area contributed by atoms with Gasteiger partial charge in [0, 0.05) is 5.56 Å². The van der Waals surface area contributed by atoms with Gasteiger partial charge in [0.25, 0.3) is 5.91 Å². The molecule has 0 aliphatic carbocycles. The van der Waals surface area contributed by atoms with Crippen LogP contribution in [0.2, 0.25) is 0 Å². The summed E-state index contributed by atoms with van der Waals surface area (Å²) in [5.74, 6) is 0.379. The van der Waals surface area contributed by atoms with E-state index in [-0.39, 0.29) is 12.5 Å². The average molecular weight is 271 g/mol. The molecule has 0 bridgehead atoms. The molecule has 0 spiro atoms. The lowest BCUT2D eigenvalue weighted by molar-refractivity contribution is 0.0916. The molecule has 0 heterocycles. The van der Waals surface area contributed by atoms with E-state index in [2.05, 4.69) is 5.32 Å². The predicted molar refractivity (Wildman–Crippen MR) is 76.7 cm³/mol. The molecule has 0 saturated carbocycles. The fourth-order valence-electron chi connectivity index (χ4n) is 1.93. The highest BCUT2D eigenvalue weighted by Gasteiger charge is 2.14. The molecular weight excluding hydrogens is 254 g/mol. The van der Waals surface area contributed by atoms with Gasteiger partial charge in [-0.15, -0.1) is 0 Å². The zero-order chi connectivity index (χ0) is 14.4. The number of amides is 1. The van der Waals surface area contributed by atoms with E-state index in [1.165, 1.54) is 0 Å². The first-order chi connectivity index (χ1) is 9.74. The van der Waals surface area contributed by atoms with Crippen molar-refractivity contribution in [3.63, 3.8) is 0 Å². The van der Waals surface area contributed by atoms with Crippen molar-refractivity contribution in [3.05, 3.63) is 65.7 Å². The molecule has 4 heteroatoms. The molecule has 104 valence electrons. The number of carbonyl (C=O) groups is 1. The van der Waals surface area contributed by atoms with E-state index in [0.29, 0.717) is 11.3 Å². The number of hydrogen-bond acceptors (Lipinski definition) is 3. The lowest BCUT2D eigenvalue weighted by Crippen LogP contribution is -2.30. The smallest absolute Gasteiger partial charge is 0.251 e. The van der Waals surface area contributed by atoms with Crippen LogP contribution in [0.5, 0.6) is 5.75 Å². The quantitative estimate of drug-likeness (QED) is 0.876. The first kappa shape index (κ1) is 14.1. The number of aliphatic hydroxyl groups is 1. The molecule has 4 nitrogen and oxygen atoms in total. The maximum atomic E-state index is 12.2. The highest BCUT2D eigenvalue weighted by molar-refractivity contribution is 5.94. The van der Waals surface area contributed by atoms with Gasteiger partial charge in [0.1, 0.15) is 5.75 Å². The van der Waals surface area contributed by atoms with Crippen molar-refractivity contribution in [2.75, 3.05) is 13.7 Å². The third-order valence-electron chi connectivity index (χ3n) is 3.02. The molecule has 2 N–H and O–H groups in total. The van der Waals surface area contributed by atoms with Crippen molar-refractivity contribution >= 4 is 5.91 Å². The second-order valence-electron chi connectivity index (χ2n) is 4.35. The predicted octanol–water partition coefficient (Wildman–Crippen LogP) is 2.16. The van der Waals surface area contributed by atoms with E-state index in [9.17, 15) is 9.90 Å². The standard InChI is InChI=1S/C16H17NO3/c1-20-14-9-5-8-13(10-14)16(19)17-15(11-18)12-6-3-2-4-7-12/h2-10,15,18H,11H2,1H3,(H,17,19)/t15-/m0/s1. The van der Waals surface area contributed by atoms with Gasteiger partial charge in [0.15, 0.2) is 0 Å². The molecule has 0 unspecified atom stereocenters. The van der Waals surface area contributed by atoms with Gasteiger partial charge in [-0.3, -0.25) is 4.79 Å². The van der Waals surface area contributed by atoms with Crippen molar-refractivity contribution in [2.24, 2.45) is 0 Å². The molecule has 2 aromatic rings. The average Bonchev–Trinajstić information content (AvgIpc) is 2.53. The fourth-order valence-corrected chi connectivity index (χ4v) is 1.93. The summed E-state index contributed by atoms with van der Waals surface area (Å²) in [7, 11) is 1.55. The summed E-state index contributed by atoms with van der Waals surface area (Å²) in [5.41, 5.74) is 1.37. The van der Waals surface area contributed by atoms with Gasteiger partial charge in [-0.1, -0.05) is 36.4 Å². The maximum absolute atomic E-state index is 12.2. The molecule has 0 radical (unpaired) electrons. The van der Waals surface area contributed by atoms with Crippen LogP contribution >= 0.6 is 0 Å². The van der Waals surface area contributed by atoms with Gasteiger partial charge in [-0.25, -0.2) is 0 Å². The van der Waals surface area contributed by atoms with Crippen LogP contribution in [0.1, 0.15) is 22.0 Å². The van der Waals surface area contributed by atoms with E-state index in [4.69, 9.17) is 4.74 Å². The Morgan fingerprint density at radius 1 is 1.20 bits per heavy atom. The van der Waals surface area contributed by atoms with Crippen LogP contribution in [0.3, 0.4) is 0 Å². The van der Waals surface area contributed by atoms with E-state index in [1.807, 2.05) is 30.3 Å². The number of benzene rings is 2. The maximum Gasteiger partial charge on any atom is 0.251 e. The highest BCUT2D eigenvalue weighted by Crippen LogP contribution is 2.15. The van der Waals surface area contributed by atoms with E-state index in [1.54, 1.807) is 31.4 Å². The van der Waals surface area contributed by atoms with E-state index in [0.717, 1.165) is 5.56 Å². The SMILES string of the molecule is COc1cccc(C(=O)N[C@@H](CO)c2ccccc2)c1. The largest absolute Gasteiger partial charge is 0.497 e. The van der Waals surface area contributed by atoms with Crippen molar-refractivity contribution in [1.82, 2.24) is 5.32 Å². The second-order valence-corrected chi connectivity index (χ2v) is 4.35. The molecule has 20 heavy (non-hydrogen) atoms. The molecule has 0 aliphatic rings. The van der Waals surface area contributed by atoms with Crippen LogP contribution < -0.4 is 10.1 Å². The molecule has 2 aromatic carbocycles. The van der Waals surface area contributed by atoms with Crippen LogP contribution in [-0.4, -0.2) is 24.7 Å². The summed E-state index contributed by atoms with van der Waals surface area (Å²) in [6.45, 7) is -0.153. The third-order valence-corrected chi connectivity index (χ3v) is 3.02. The first-order valence-electron chi connectivity index (χ1n) is 6.35. The van der Waals surface area contributed by atoms with Gasteiger partial charge < -0.3 is 15.2 Å². The fraction of sp³-hybridized carbons (Fsp3) is 0.188. The number of methoxy groups -OCH3 is 1. The molecular formula is C16H17NO3. The number of ether oxygens (including phenoxy) is 1. The molecule has 1 amide bonds. The third kappa shape index (κ3) is 3.36. The summed E-state index contributed by atoms with van der Waals surface area (Å²) >= 11 is 0. The van der Waals surface area contributed by atoms with Crippen molar-refractivity contribution < 1.29 is 14.6 Å². The molecule has 2 rings (SSSR count). The van der Waals surface area contributed by atoms with Gasteiger partial charge in [-0.05, 0) is 23.8 Å². The van der Waals surface area contributed by atoms with Crippen LogP contribution in [-0.2, 0) is 0 Å². The van der Waals surface area contributed by atoms with Gasteiger partial charge in [0.05, 0.1) is 19.8 Å². The Kier molecular flexibility index (Phi) is 4.74. The Bertz CT molecular complexity index is 569. The minimum Gasteiger partial charge on any atom is -0.497 e. The minimum atomic E-state index is -0.421. The van der Waals surface area contributed by atoms with Crippen molar-refractivity contribution in [2.45, 2.75) is 6.04 Å². The van der Waals surface area contributed by atoms with Crippen LogP contribution in [0.15, 0.2) is 54.6 Å². The Hall–Kier alpha value is -2.33. The van der Waals surface area contributed by atoms with Crippen LogP contribution in [0.4, 0.5) is 0 Å². The van der Waals surface area contributed by atoms with E-state index < -0.39 is 6.04 Å². The number of hydrogen-bond donors (Lipinski definition) is 2. The molecule has 0 aromatic heterocycles. The number of aliphatic hydroxyl groups excluding tert-OH is 1. The summed E-state index contributed by atoms with van der Waals surface area (Å²) in [6, 6.07) is 15.8. The molecule has 1 atom stereocenters. The van der Waals surface area contributed by atoms with Gasteiger partial charge >= 0.3 is 0 Å². The van der Waals surface area contributed by atoms with Crippen molar-refractivity contribution in [1.29, 1.82) is 0 Å². The second kappa shape index (κ2) is 6.73. The summed E-state index contributed by atoms with van der Waals surface area (Å²) < 4.78 is 5.09. The van der Waals surface area contributed by atoms with E-state index >= 15 is 0 Å². The normalized spacial score (nSPS) is 11.7. The zero-order valence-corrected chi connectivity index (χ0v) is 11.2. The first-order valence-corrected chi connectivity index (χ1v) is 6.35. The Morgan fingerprint density at radius 3 is 2.60 bits per heavy atom. The Morgan fingerprint density at radius 2 is 1.95 bits per heavy atom. The minimum absolute atomic E-state index is 0.153. The molecule has 0 fully saturated rings. The lowest BCUT2D eigenvalue weighted by Gasteiger charge is -2.17. The summed E-state index contributed by atoms with van der Waals surface area (Å²) in [6.07, 6.45) is 0. The summed E-state index contributed by atoms with van der Waals surface area (Å²) in [4.78, 5) is 12.2. The Labute approximate surface area is 118 Å². The Balaban J connectivity index is 2.13. The highest BCUT2D eigenvalue weighted by atomic mass is 16.5. The monoisotopic (exact) mass is 271 g/mol. The number of nitrogens with one attached hydrogen (secondary N) is 1.